The number of nitrogen functional groups attached to an aromatic ring is 1. The molecule has 0 aliphatic rings. The first-order valence-corrected chi connectivity index (χ1v) is 7.35. The summed E-state index contributed by atoms with van der Waals surface area (Å²) in [6, 6.07) is 12.6. The lowest BCUT2D eigenvalue weighted by Crippen LogP contribution is -1.92. The predicted octanol–water partition coefficient (Wildman–Crippen LogP) is 3.22. The minimum absolute atomic E-state index is 0.235. The molecule has 0 radical (unpaired) electrons. The number of hydrogen-bond acceptors (Lipinski definition) is 5. The smallest absolute Gasteiger partial charge is 0.260 e. The number of phenols is 1. The maximum Gasteiger partial charge on any atom is 0.260 e. The van der Waals surface area contributed by atoms with Crippen LogP contribution in [0.3, 0.4) is 0 Å². The number of phenolic OH excluding ortho intramolecular Hbond substituents is 1. The number of nitrogens with two attached hydrogens (primary N) is 1. The van der Waals surface area contributed by atoms with Crippen LogP contribution in [0.4, 0.5) is 5.69 Å². The molecule has 21 heavy (non-hydrogen) atoms. The molecule has 106 valence electrons. The molecule has 0 aliphatic carbocycles. The number of benzene rings is 2. The lowest BCUT2D eigenvalue weighted by molar-refractivity contribution is 0.424. The van der Waals surface area contributed by atoms with Crippen LogP contribution >= 0.6 is 22.6 Å². The molecule has 3 N–H and O–H groups in total. The first kappa shape index (κ1) is 13.9. The van der Waals surface area contributed by atoms with Gasteiger partial charge in [0.05, 0.1) is 5.56 Å². The topological polar surface area (TPSA) is 85.2 Å². The van der Waals surface area contributed by atoms with E-state index in [-0.39, 0.29) is 5.75 Å². The third-order valence-electron chi connectivity index (χ3n) is 3.01. The second-order valence-electron chi connectivity index (χ2n) is 4.59. The molecular formula is C15H12IN3O2. The standard InChI is InChI=1S/C15H12IN3O2/c16-10-3-6-13(17)12(8-10)15-18-14(19-21-15)7-9-1-4-11(20)5-2-9/h1-6,8,20H,7,17H2. The monoisotopic (exact) mass is 393 g/mol. The normalized spacial score (nSPS) is 10.7. The molecule has 0 spiro atoms. The van der Waals surface area contributed by atoms with Gasteiger partial charge in [-0.05, 0) is 58.5 Å². The van der Waals surface area contributed by atoms with Crippen LogP contribution in [0.15, 0.2) is 47.0 Å². The molecule has 5 nitrogen and oxygen atoms in total. The summed E-state index contributed by atoms with van der Waals surface area (Å²) < 4.78 is 6.34. The van der Waals surface area contributed by atoms with E-state index >= 15 is 0 Å². The fourth-order valence-electron chi connectivity index (χ4n) is 1.95. The van der Waals surface area contributed by atoms with E-state index in [2.05, 4.69) is 32.7 Å². The van der Waals surface area contributed by atoms with Gasteiger partial charge in [-0.25, -0.2) is 0 Å². The van der Waals surface area contributed by atoms with E-state index in [4.69, 9.17) is 10.3 Å². The summed E-state index contributed by atoms with van der Waals surface area (Å²) in [7, 11) is 0. The zero-order valence-corrected chi connectivity index (χ0v) is 13.1. The van der Waals surface area contributed by atoms with Gasteiger partial charge in [0.15, 0.2) is 5.82 Å². The van der Waals surface area contributed by atoms with E-state index < -0.39 is 0 Å². The zero-order valence-electron chi connectivity index (χ0n) is 11.0. The highest BCUT2D eigenvalue weighted by Crippen LogP contribution is 2.26. The number of aromatic hydroxyl groups is 1. The second kappa shape index (κ2) is 5.72. The van der Waals surface area contributed by atoms with Crippen molar-refractivity contribution in [3.8, 4) is 17.2 Å². The van der Waals surface area contributed by atoms with Gasteiger partial charge in [0.2, 0.25) is 0 Å². The van der Waals surface area contributed by atoms with Crippen molar-refractivity contribution >= 4 is 28.3 Å². The van der Waals surface area contributed by atoms with Crippen LogP contribution in [0.2, 0.25) is 0 Å². The molecule has 6 heteroatoms. The van der Waals surface area contributed by atoms with Crippen molar-refractivity contribution in [2.45, 2.75) is 6.42 Å². The van der Waals surface area contributed by atoms with Gasteiger partial charge in [-0.15, -0.1) is 0 Å². The number of aromatic nitrogens is 2. The molecule has 0 saturated carbocycles. The van der Waals surface area contributed by atoms with Crippen molar-refractivity contribution in [2.24, 2.45) is 0 Å². The Bertz CT molecular complexity index is 769. The maximum absolute atomic E-state index is 9.27. The Hall–Kier alpha value is -2.09. The fourth-order valence-corrected chi connectivity index (χ4v) is 2.44. The maximum atomic E-state index is 9.27. The highest BCUT2D eigenvalue weighted by Gasteiger charge is 2.12. The van der Waals surface area contributed by atoms with Crippen molar-refractivity contribution in [3.63, 3.8) is 0 Å². The van der Waals surface area contributed by atoms with Crippen LogP contribution in [0, 0.1) is 3.57 Å². The molecule has 0 atom stereocenters. The van der Waals surface area contributed by atoms with Crippen LogP contribution in [0.5, 0.6) is 5.75 Å². The third kappa shape index (κ3) is 3.15. The summed E-state index contributed by atoms with van der Waals surface area (Å²) in [5.74, 6) is 1.23. The van der Waals surface area contributed by atoms with E-state index in [0.717, 1.165) is 14.7 Å². The van der Waals surface area contributed by atoms with E-state index in [9.17, 15) is 5.11 Å². The molecule has 2 aromatic carbocycles. The first-order valence-electron chi connectivity index (χ1n) is 6.28. The van der Waals surface area contributed by atoms with Crippen LogP contribution in [0.1, 0.15) is 11.4 Å². The average molecular weight is 393 g/mol. The Kier molecular flexibility index (Phi) is 3.78. The van der Waals surface area contributed by atoms with Crippen LogP contribution in [-0.4, -0.2) is 15.2 Å². The minimum Gasteiger partial charge on any atom is -0.508 e. The highest BCUT2D eigenvalue weighted by molar-refractivity contribution is 14.1. The summed E-state index contributed by atoms with van der Waals surface area (Å²) in [5.41, 5.74) is 8.29. The van der Waals surface area contributed by atoms with E-state index in [0.29, 0.717) is 23.8 Å². The molecule has 1 aromatic heterocycles. The summed E-state index contributed by atoms with van der Waals surface area (Å²) >= 11 is 2.21. The van der Waals surface area contributed by atoms with Crippen molar-refractivity contribution in [1.82, 2.24) is 10.1 Å². The van der Waals surface area contributed by atoms with Gasteiger partial charge in [0.1, 0.15) is 5.75 Å². The molecule has 1 heterocycles. The number of anilines is 1. The Labute approximate surface area is 134 Å². The Balaban J connectivity index is 1.86. The second-order valence-corrected chi connectivity index (χ2v) is 5.84. The summed E-state index contributed by atoms with van der Waals surface area (Å²) in [4.78, 5) is 4.38. The number of nitrogens with zero attached hydrogens (tertiary/aromatic N) is 2. The third-order valence-corrected chi connectivity index (χ3v) is 3.68. The number of hydrogen-bond donors (Lipinski definition) is 2. The van der Waals surface area contributed by atoms with Gasteiger partial charge in [0, 0.05) is 15.7 Å². The average Bonchev–Trinajstić information content (AvgIpc) is 2.92. The van der Waals surface area contributed by atoms with Gasteiger partial charge in [-0.2, -0.15) is 4.98 Å². The molecule has 0 aliphatic heterocycles. The van der Waals surface area contributed by atoms with Gasteiger partial charge < -0.3 is 15.4 Å². The highest BCUT2D eigenvalue weighted by atomic mass is 127. The molecule has 3 aromatic rings. The number of halogens is 1. The largest absolute Gasteiger partial charge is 0.508 e. The van der Waals surface area contributed by atoms with Gasteiger partial charge in [0.25, 0.3) is 5.89 Å². The molecule has 3 rings (SSSR count). The quantitative estimate of drug-likeness (QED) is 0.527. The molecular weight excluding hydrogens is 381 g/mol. The van der Waals surface area contributed by atoms with Gasteiger partial charge in [-0.1, -0.05) is 17.3 Å². The van der Waals surface area contributed by atoms with Crippen molar-refractivity contribution in [2.75, 3.05) is 5.73 Å². The molecule has 0 fully saturated rings. The lowest BCUT2D eigenvalue weighted by atomic mass is 10.1. The molecule has 0 saturated heterocycles. The van der Waals surface area contributed by atoms with Crippen LogP contribution in [-0.2, 0) is 6.42 Å². The Morgan fingerprint density at radius 1 is 1.14 bits per heavy atom. The van der Waals surface area contributed by atoms with Gasteiger partial charge in [-0.3, -0.25) is 0 Å². The SMILES string of the molecule is Nc1ccc(I)cc1-c1nc(Cc2ccc(O)cc2)no1. The lowest BCUT2D eigenvalue weighted by Gasteiger charge is -2.00. The van der Waals surface area contributed by atoms with Gasteiger partial charge >= 0.3 is 0 Å². The first-order chi connectivity index (χ1) is 10.1. The molecule has 0 amide bonds. The predicted molar refractivity (Wildman–Crippen MR) is 87.8 cm³/mol. The van der Waals surface area contributed by atoms with Crippen molar-refractivity contribution in [1.29, 1.82) is 0 Å². The van der Waals surface area contributed by atoms with E-state index in [1.165, 1.54) is 0 Å². The summed E-state index contributed by atoms with van der Waals surface area (Å²) in [6.45, 7) is 0. The molecule has 0 bridgehead atoms. The fraction of sp³-hybridized carbons (Fsp3) is 0.0667. The Morgan fingerprint density at radius 3 is 2.67 bits per heavy atom. The van der Waals surface area contributed by atoms with Crippen LogP contribution < -0.4 is 5.73 Å². The zero-order chi connectivity index (χ0) is 14.8. The summed E-state index contributed by atoms with van der Waals surface area (Å²) in [5, 5.41) is 13.2. The summed E-state index contributed by atoms with van der Waals surface area (Å²) in [6.07, 6.45) is 0.535. The molecule has 0 unspecified atom stereocenters. The van der Waals surface area contributed by atoms with Crippen molar-refractivity contribution < 1.29 is 9.63 Å². The van der Waals surface area contributed by atoms with E-state index in [1.807, 2.05) is 30.3 Å². The minimum atomic E-state index is 0.235. The number of rotatable bonds is 3. The van der Waals surface area contributed by atoms with E-state index in [1.54, 1.807) is 12.1 Å². The van der Waals surface area contributed by atoms with Crippen LogP contribution in [0.25, 0.3) is 11.5 Å². The van der Waals surface area contributed by atoms with Crippen molar-refractivity contribution in [3.05, 3.63) is 57.4 Å². The Morgan fingerprint density at radius 2 is 1.90 bits per heavy atom.